The Bertz CT molecular complexity index is 1000. The van der Waals surface area contributed by atoms with Crippen LogP contribution in [0.2, 0.25) is 0 Å². The number of guanidine groups is 1. The molecule has 1 amide bonds. The van der Waals surface area contributed by atoms with Crippen LogP contribution in [0.1, 0.15) is 23.0 Å². The fraction of sp³-hybridized carbons (Fsp3) is 0.0556. The van der Waals surface area contributed by atoms with Crippen molar-refractivity contribution >= 4 is 39.9 Å². The van der Waals surface area contributed by atoms with Gasteiger partial charge < -0.3 is 21.8 Å². The Morgan fingerprint density at radius 2 is 1.88 bits per heavy atom. The number of anilines is 2. The average molecular weight is 349 g/mol. The summed E-state index contributed by atoms with van der Waals surface area (Å²) in [5, 5.41) is 14.8. The molecule has 0 radical (unpaired) electrons. The number of aromatic nitrogens is 1. The van der Waals surface area contributed by atoms with E-state index in [2.05, 4.69) is 20.8 Å². The van der Waals surface area contributed by atoms with Crippen molar-refractivity contribution in [2.24, 2.45) is 10.8 Å². The Morgan fingerprint density at radius 1 is 1.15 bits per heavy atom. The molecule has 132 valence electrons. The number of hydrazone groups is 1. The second kappa shape index (κ2) is 6.98. The first kappa shape index (κ1) is 17.0. The van der Waals surface area contributed by atoms with Crippen molar-refractivity contribution in [3.63, 3.8) is 0 Å². The van der Waals surface area contributed by atoms with E-state index in [-0.39, 0.29) is 11.9 Å². The highest BCUT2D eigenvalue weighted by Crippen LogP contribution is 2.19. The minimum Gasteiger partial charge on any atom is -0.399 e. The zero-order chi connectivity index (χ0) is 18.7. The van der Waals surface area contributed by atoms with E-state index in [0.717, 1.165) is 16.5 Å². The van der Waals surface area contributed by atoms with Gasteiger partial charge in [-0.1, -0.05) is 12.1 Å². The zero-order valence-corrected chi connectivity index (χ0v) is 14.1. The maximum atomic E-state index is 12.4. The first-order valence-electron chi connectivity index (χ1n) is 7.87. The molecule has 0 aliphatic heterocycles. The number of nitrogens with one attached hydrogen (secondary N) is 4. The van der Waals surface area contributed by atoms with Crippen molar-refractivity contribution in [2.75, 3.05) is 11.1 Å². The molecule has 0 spiro atoms. The lowest BCUT2D eigenvalue weighted by molar-refractivity contribution is 0.102. The fourth-order valence-electron chi connectivity index (χ4n) is 2.48. The summed E-state index contributed by atoms with van der Waals surface area (Å²) in [6, 6.07) is 14.4. The van der Waals surface area contributed by atoms with Gasteiger partial charge in [-0.15, -0.1) is 0 Å². The van der Waals surface area contributed by atoms with Crippen LogP contribution in [-0.4, -0.2) is 22.6 Å². The van der Waals surface area contributed by atoms with Gasteiger partial charge in [0.25, 0.3) is 5.91 Å². The molecule has 0 aliphatic carbocycles. The quantitative estimate of drug-likeness (QED) is 0.185. The number of rotatable bonds is 4. The number of nitrogen functional groups attached to an aromatic ring is 1. The Morgan fingerprint density at radius 3 is 2.58 bits per heavy atom. The van der Waals surface area contributed by atoms with Crippen molar-refractivity contribution in [3.05, 3.63) is 59.8 Å². The first-order chi connectivity index (χ1) is 12.4. The molecular weight excluding hydrogens is 330 g/mol. The van der Waals surface area contributed by atoms with Crippen LogP contribution < -0.4 is 22.2 Å². The summed E-state index contributed by atoms with van der Waals surface area (Å²) in [6.45, 7) is 1.79. The second-order valence-electron chi connectivity index (χ2n) is 5.78. The van der Waals surface area contributed by atoms with Crippen LogP contribution in [0.15, 0.2) is 53.6 Å². The van der Waals surface area contributed by atoms with Crippen LogP contribution in [0, 0.1) is 5.41 Å². The standard InChI is InChI=1S/C18H19N7O/c1-10(24-25-18(20)21)11-2-5-14(6-3-11)22-17(26)16-9-12-8-13(19)4-7-15(12)23-16/h2-9,23H,19H2,1H3,(H,22,26)(H4,20,21,25)/b24-10+. The smallest absolute Gasteiger partial charge is 0.272 e. The van der Waals surface area contributed by atoms with Crippen LogP contribution >= 0.6 is 0 Å². The fourth-order valence-corrected chi connectivity index (χ4v) is 2.48. The van der Waals surface area contributed by atoms with Crippen LogP contribution in [-0.2, 0) is 0 Å². The largest absolute Gasteiger partial charge is 0.399 e. The molecule has 8 nitrogen and oxygen atoms in total. The van der Waals surface area contributed by atoms with Crippen LogP contribution in [0.4, 0.5) is 11.4 Å². The zero-order valence-electron chi connectivity index (χ0n) is 14.1. The number of benzene rings is 2. The number of carbonyl (C=O) groups excluding carboxylic acids is 1. The molecule has 0 aliphatic rings. The van der Waals surface area contributed by atoms with Gasteiger partial charge in [-0.25, -0.2) is 5.43 Å². The van der Waals surface area contributed by atoms with Crippen LogP contribution in [0.5, 0.6) is 0 Å². The predicted molar refractivity (Wildman–Crippen MR) is 104 cm³/mol. The lowest BCUT2D eigenvalue weighted by Gasteiger charge is -2.06. The third-order valence-electron chi connectivity index (χ3n) is 3.79. The molecule has 3 aromatic rings. The van der Waals surface area contributed by atoms with Gasteiger partial charge in [0, 0.05) is 22.3 Å². The van der Waals surface area contributed by atoms with Crippen molar-refractivity contribution < 1.29 is 4.79 Å². The summed E-state index contributed by atoms with van der Waals surface area (Å²) >= 11 is 0. The normalized spacial score (nSPS) is 11.3. The number of nitrogens with zero attached hydrogens (tertiary/aromatic N) is 1. The minimum absolute atomic E-state index is 0.228. The molecule has 0 saturated carbocycles. The molecular formula is C18H19N7O. The third kappa shape index (κ3) is 3.81. The lowest BCUT2D eigenvalue weighted by Crippen LogP contribution is -2.26. The molecule has 8 heteroatoms. The van der Waals surface area contributed by atoms with Crippen molar-refractivity contribution in [1.82, 2.24) is 10.4 Å². The molecule has 0 bridgehead atoms. The van der Waals surface area contributed by atoms with E-state index in [4.69, 9.17) is 16.9 Å². The van der Waals surface area contributed by atoms with Gasteiger partial charge in [-0.2, -0.15) is 5.10 Å². The van der Waals surface area contributed by atoms with E-state index in [1.807, 2.05) is 24.3 Å². The van der Waals surface area contributed by atoms with Crippen molar-refractivity contribution in [2.45, 2.75) is 6.92 Å². The van der Waals surface area contributed by atoms with Gasteiger partial charge in [0.05, 0.1) is 5.71 Å². The molecule has 0 unspecified atom stereocenters. The van der Waals surface area contributed by atoms with Gasteiger partial charge in [0.1, 0.15) is 5.69 Å². The second-order valence-corrected chi connectivity index (χ2v) is 5.78. The number of nitrogens with two attached hydrogens (primary N) is 2. The number of hydrogen-bond donors (Lipinski definition) is 6. The van der Waals surface area contributed by atoms with Gasteiger partial charge in [0.2, 0.25) is 5.96 Å². The van der Waals surface area contributed by atoms with Crippen LogP contribution in [0.3, 0.4) is 0 Å². The molecule has 1 heterocycles. The molecule has 26 heavy (non-hydrogen) atoms. The van der Waals surface area contributed by atoms with Gasteiger partial charge in [-0.05, 0) is 48.9 Å². The molecule has 1 aromatic heterocycles. The van der Waals surface area contributed by atoms with E-state index in [9.17, 15) is 4.79 Å². The molecule has 2 aromatic carbocycles. The molecule has 8 N–H and O–H groups in total. The van der Waals surface area contributed by atoms with E-state index in [0.29, 0.717) is 22.8 Å². The molecule has 0 atom stereocenters. The van der Waals surface area contributed by atoms with Crippen LogP contribution in [0.25, 0.3) is 10.9 Å². The number of fused-ring (bicyclic) bond motifs is 1. The van der Waals surface area contributed by atoms with Gasteiger partial charge in [-0.3, -0.25) is 10.2 Å². The van der Waals surface area contributed by atoms with E-state index < -0.39 is 0 Å². The Labute approximate surface area is 149 Å². The van der Waals surface area contributed by atoms with E-state index >= 15 is 0 Å². The number of aromatic amines is 1. The lowest BCUT2D eigenvalue weighted by atomic mass is 10.1. The highest BCUT2D eigenvalue weighted by molar-refractivity contribution is 6.06. The summed E-state index contributed by atoms with van der Waals surface area (Å²) in [7, 11) is 0. The number of carbonyl (C=O) groups is 1. The highest BCUT2D eigenvalue weighted by Gasteiger charge is 2.10. The number of hydrogen-bond acceptors (Lipinski definition) is 4. The summed E-state index contributed by atoms with van der Waals surface area (Å²) in [5.41, 5.74) is 17.5. The first-order valence-corrected chi connectivity index (χ1v) is 7.87. The van der Waals surface area contributed by atoms with E-state index in [1.165, 1.54) is 0 Å². The van der Waals surface area contributed by atoms with Crippen molar-refractivity contribution in [3.8, 4) is 0 Å². The molecule has 0 fully saturated rings. The monoisotopic (exact) mass is 349 g/mol. The van der Waals surface area contributed by atoms with Gasteiger partial charge >= 0.3 is 0 Å². The summed E-state index contributed by atoms with van der Waals surface area (Å²) < 4.78 is 0. The third-order valence-corrected chi connectivity index (χ3v) is 3.79. The average Bonchev–Trinajstić information content (AvgIpc) is 3.03. The topological polar surface area (TPSA) is 145 Å². The van der Waals surface area contributed by atoms with E-state index in [1.54, 1.807) is 31.2 Å². The highest BCUT2D eigenvalue weighted by atomic mass is 16.1. The SMILES string of the molecule is C/C(=N\NC(=N)N)c1ccc(NC(=O)c2cc3cc(N)ccc3[nH]2)cc1. The summed E-state index contributed by atoms with van der Waals surface area (Å²) in [6.07, 6.45) is 0. The van der Waals surface area contributed by atoms with Gasteiger partial charge in [0.15, 0.2) is 0 Å². The maximum Gasteiger partial charge on any atom is 0.272 e. The molecule has 3 rings (SSSR count). The minimum atomic E-state index is -0.240. The maximum absolute atomic E-state index is 12.4. The molecule has 0 saturated heterocycles. The number of H-pyrrole nitrogens is 1. The Hall–Kier alpha value is -3.81. The summed E-state index contributed by atoms with van der Waals surface area (Å²) in [5.74, 6) is -0.468. The summed E-state index contributed by atoms with van der Waals surface area (Å²) in [4.78, 5) is 15.5. The Balaban J connectivity index is 1.72. The Kier molecular flexibility index (Phi) is 4.57. The predicted octanol–water partition coefficient (Wildman–Crippen LogP) is 2.21. The van der Waals surface area contributed by atoms with Crippen molar-refractivity contribution in [1.29, 1.82) is 5.41 Å². The number of amides is 1.